The van der Waals surface area contributed by atoms with E-state index in [1.165, 1.54) is 51.4 Å². The molecule has 148 valence electrons. The maximum absolute atomic E-state index is 6.42. The summed E-state index contributed by atoms with van der Waals surface area (Å²) in [4.78, 5) is 0. The van der Waals surface area contributed by atoms with Crippen molar-refractivity contribution in [1.82, 2.24) is 0 Å². The molecule has 0 unspecified atom stereocenters. The molecule has 3 nitrogen and oxygen atoms in total. The zero-order valence-corrected chi connectivity index (χ0v) is 16.6. The molecule has 1 aromatic carbocycles. The van der Waals surface area contributed by atoms with Crippen LogP contribution in [-0.2, 0) is 9.47 Å². The Kier molecular flexibility index (Phi) is 5.17. The molecule has 0 heterocycles. The first kappa shape index (κ1) is 18.0. The standard InChI is InChI=1S/C24H34O3/c1-25-23-8-6-18(7-9-23)24(26-14-21-12-16-2-4-19(21)10-16)27-15-22-13-17-3-5-20(22)11-17/h6-9,16-17,19-22,24H,2-5,10-15H2,1H3/t16-,17-,19-,20-,21+,22+/m1/s1. The zero-order valence-electron chi connectivity index (χ0n) is 16.6. The Labute approximate surface area is 163 Å². The van der Waals surface area contributed by atoms with Gasteiger partial charge in [0, 0.05) is 5.56 Å². The van der Waals surface area contributed by atoms with Crippen LogP contribution in [0.3, 0.4) is 0 Å². The number of benzene rings is 1. The van der Waals surface area contributed by atoms with E-state index >= 15 is 0 Å². The molecule has 4 fully saturated rings. The summed E-state index contributed by atoms with van der Waals surface area (Å²) >= 11 is 0. The van der Waals surface area contributed by atoms with Crippen LogP contribution in [0.4, 0.5) is 0 Å². The fourth-order valence-corrected chi connectivity index (χ4v) is 6.58. The Balaban J connectivity index is 1.22. The van der Waals surface area contributed by atoms with Crippen LogP contribution in [0.15, 0.2) is 24.3 Å². The molecule has 0 spiro atoms. The van der Waals surface area contributed by atoms with Crippen LogP contribution in [0.2, 0.25) is 0 Å². The summed E-state index contributed by atoms with van der Waals surface area (Å²) in [5.74, 6) is 6.12. The lowest BCUT2D eigenvalue weighted by atomic mass is 9.89. The highest BCUT2D eigenvalue weighted by Gasteiger charge is 2.41. The normalized spacial score (nSPS) is 36.8. The molecular weight excluding hydrogens is 336 g/mol. The summed E-state index contributed by atoms with van der Waals surface area (Å²) in [6.45, 7) is 1.71. The van der Waals surface area contributed by atoms with Gasteiger partial charge in [-0.2, -0.15) is 0 Å². The molecule has 4 aliphatic carbocycles. The van der Waals surface area contributed by atoms with Crippen molar-refractivity contribution in [1.29, 1.82) is 0 Å². The molecule has 0 saturated heterocycles. The molecule has 1 aromatic rings. The van der Waals surface area contributed by atoms with E-state index in [2.05, 4.69) is 12.1 Å². The lowest BCUT2D eigenvalue weighted by molar-refractivity contribution is -0.166. The lowest BCUT2D eigenvalue weighted by Crippen LogP contribution is -2.23. The van der Waals surface area contributed by atoms with Gasteiger partial charge >= 0.3 is 0 Å². The lowest BCUT2D eigenvalue weighted by Gasteiger charge is -2.28. The third kappa shape index (κ3) is 3.78. The molecule has 3 heteroatoms. The first-order valence-corrected chi connectivity index (χ1v) is 11.2. The molecule has 0 aliphatic heterocycles. The van der Waals surface area contributed by atoms with Gasteiger partial charge in [0.1, 0.15) is 5.75 Å². The van der Waals surface area contributed by atoms with Crippen molar-refractivity contribution in [2.45, 2.75) is 57.7 Å². The first-order chi connectivity index (χ1) is 13.3. The average molecular weight is 371 g/mol. The van der Waals surface area contributed by atoms with Crippen molar-refractivity contribution in [3.8, 4) is 5.75 Å². The van der Waals surface area contributed by atoms with Gasteiger partial charge in [0.05, 0.1) is 20.3 Å². The fourth-order valence-electron chi connectivity index (χ4n) is 6.58. The molecule has 4 aliphatic rings. The highest BCUT2D eigenvalue weighted by molar-refractivity contribution is 5.27. The van der Waals surface area contributed by atoms with Crippen LogP contribution in [0.1, 0.15) is 63.2 Å². The van der Waals surface area contributed by atoms with Gasteiger partial charge in [-0.05, 0) is 86.2 Å². The van der Waals surface area contributed by atoms with Crippen molar-refractivity contribution in [2.24, 2.45) is 35.5 Å². The minimum atomic E-state index is -0.228. The maximum Gasteiger partial charge on any atom is 0.183 e. The second-order valence-electron chi connectivity index (χ2n) is 9.64. The Bertz CT molecular complexity index is 595. The second kappa shape index (κ2) is 7.75. The Morgan fingerprint density at radius 3 is 1.74 bits per heavy atom. The summed E-state index contributed by atoms with van der Waals surface area (Å²) in [6.07, 6.45) is 11.1. The average Bonchev–Trinajstić information content (AvgIpc) is 3.49. The van der Waals surface area contributed by atoms with E-state index < -0.39 is 0 Å². The molecular formula is C24H34O3. The van der Waals surface area contributed by atoms with Crippen LogP contribution in [0.25, 0.3) is 0 Å². The minimum Gasteiger partial charge on any atom is -0.497 e. The van der Waals surface area contributed by atoms with E-state index in [0.29, 0.717) is 0 Å². The quantitative estimate of drug-likeness (QED) is 0.558. The molecule has 0 N–H and O–H groups in total. The number of ether oxygens (including phenoxy) is 3. The van der Waals surface area contributed by atoms with E-state index in [1.807, 2.05) is 12.1 Å². The summed E-state index contributed by atoms with van der Waals surface area (Å²) in [6, 6.07) is 8.24. The van der Waals surface area contributed by atoms with Gasteiger partial charge in [0.25, 0.3) is 0 Å². The third-order valence-corrected chi connectivity index (χ3v) is 8.08. The van der Waals surface area contributed by atoms with Crippen LogP contribution in [0, 0.1) is 35.5 Å². The SMILES string of the molecule is COc1ccc(C(OC[C@@H]2C[C@@H]3CC[C@@H]2C3)OC[C@@H]2C[C@@H]3CC[C@@H]2C3)cc1. The summed E-state index contributed by atoms with van der Waals surface area (Å²) in [5, 5.41) is 0. The van der Waals surface area contributed by atoms with Crippen molar-refractivity contribution >= 4 is 0 Å². The Morgan fingerprint density at radius 1 is 0.778 bits per heavy atom. The highest BCUT2D eigenvalue weighted by atomic mass is 16.7. The van der Waals surface area contributed by atoms with Gasteiger partial charge in [-0.3, -0.25) is 0 Å². The van der Waals surface area contributed by atoms with Gasteiger partial charge in [-0.1, -0.05) is 25.0 Å². The Morgan fingerprint density at radius 2 is 1.33 bits per heavy atom. The Hall–Kier alpha value is -1.06. The van der Waals surface area contributed by atoms with Gasteiger partial charge < -0.3 is 14.2 Å². The number of methoxy groups -OCH3 is 1. The van der Waals surface area contributed by atoms with Crippen LogP contribution < -0.4 is 4.74 Å². The molecule has 4 bridgehead atoms. The smallest absolute Gasteiger partial charge is 0.183 e. The topological polar surface area (TPSA) is 27.7 Å². The van der Waals surface area contributed by atoms with E-state index in [1.54, 1.807) is 7.11 Å². The molecule has 6 atom stereocenters. The van der Waals surface area contributed by atoms with Crippen molar-refractivity contribution in [2.75, 3.05) is 20.3 Å². The molecule has 4 saturated carbocycles. The minimum absolute atomic E-state index is 0.228. The monoisotopic (exact) mass is 370 g/mol. The highest BCUT2D eigenvalue weighted by Crippen LogP contribution is 2.50. The predicted octanol–water partition coefficient (Wildman–Crippen LogP) is 5.60. The third-order valence-electron chi connectivity index (χ3n) is 8.08. The first-order valence-electron chi connectivity index (χ1n) is 11.2. The second-order valence-corrected chi connectivity index (χ2v) is 9.64. The largest absolute Gasteiger partial charge is 0.497 e. The van der Waals surface area contributed by atoms with E-state index in [-0.39, 0.29) is 6.29 Å². The van der Waals surface area contributed by atoms with Crippen molar-refractivity contribution in [3.63, 3.8) is 0 Å². The van der Waals surface area contributed by atoms with Crippen molar-refractivity contribution < 1.29 is 14.2 Å². The molecule has 27 heavy (non-hydrogen) atoms. The van der Waals surface area contributed by atoms with E-state index in [9.17, 15) is 0 Å². The number of hydrogen-bond donors (Lipinski definition) is 0. The number of rotatable bonds is 8. The molecule has 5 rings (SSSR count). The van der Waals surface area contributed by atoms with Gasteiger partial charge in [0.15, 0.2) is 6.29 Å². The number of hydrogen-bond acceptors (Lipinski definition) is 3. The molecule has 0 aromatic heterocycles. The van der Waals surface area contributed by atoms with E-state index in [4.69, 9.17) is 14.2 Å². The maximum atomic E-state index is 6.42. The molecule has 0 radical (unpaired) electrons. The van der Waals surface area contributed by atoms with Gasteiger partial charge in [-0.25, -0.2) is 0 Å². The van der Waals surface area contributed by atoms with Gasteiger partial charge in [-0.15, -0.1) is 0 Å². The zero-order chi connectivity index (χ0) is 18.2. The molecule has 0 amide bonds. The van der Waals surface area contributed by atoms with E-state index in [0.717, 1.165) is 60.0 Å². The van der Waals surface area contributed by atoms with Gasteiger partial charge in [0.2, 0.25) is 0 Å². The summed E-state index contributed by atoms with van der Waals surface area (Å²) in [5.41, 5.74) is 1.13. The van der Waals surface area contributed by atoms with Crippen LogP contribution in [-0.4, -0.2) is 20.3 Å². The number of fused-ring (bicyclic) bond motifs is 4. The summed E-state index contributed by atoms with van der Waals surface area (Å²) in [7, 11) is 1.71. The summed E-state index contributed by atoms with van der Waals surface area (Å²) < 4.78 is 18.1. The van der Waals surface area contributed by atoms with Crippen molar-refractivity contribution in [3.05, 3.63) is 29.8 Å². The van der Waals surface area contributed by atoms with Crippen LogP contribution >= 0.6 is 0 Å². The predicted molar refractivity (Wildman–Crippen MR) is 106 cm³/mol. The fraction of sp³-hybridized carbons (Fsp3) is 0.750. The van der Waals surface area contributed by atoms with Crippen LogP contribution in [0.5, 0.6) is 5.75 Å².